The molecule has 1 aliphatic heterocycles. The van der Waals surface area contributed by atoms with E-state index in [-0.39, 0.29) is 11.7 Å². The van der Waals surface area contributed by atoms with E-state index in [2.05, 4.69) is 4.90 Å². The largest absolute Gasteiger partial charge is 0.492 e. The quantitative estimate of drug-likeness (QED) is 0.642. The van der Waals surface area contributed by atoms with Gasteiger partial charge in [0.05, 0.1) is 4.92 Å². The average molecular weight is 265 g/mol. The van der Waals surface area contributed by atoms with E-state index < -0.39 is 4.92 Å². The average Bonchev–Trinajstić information content (AvgIpc) is 2.39. The van der Waals surface area contributed by atoms with Crippen LogP contribution in [0.3, 0.4) is 0 Å². The van der Waals surface area contributed by atoms with E-state index in [9.17, 15) is 10.1 Å². The molecule has 1 unspecified atom stereocenters. The molecule has 1 aromatic rings. The second kappa shape index (κ2) is 6.49. The predicted octanol–water partition coefficient (Wildman–Crippen LogP) is 1.40. The highest BCUT2D eigenvalue weighted by atomic mass is 16.6. The minimum absolute atomic E-state index is 0.0781. The first kappa shape index (κ1) is 13.8. The van der Waals surface area contributed by atoms with Crippen LogP contribution in [0.5, 0.6) is 5.75 Å². The van der Waals surface area contributed by atoms with E-state index in [0.29, 0.717) is 12.4 Å². The van der Waals surface area contributed by atoms with Crippen molar-refractivity contribution in [3.63, 3.8) is 0 Å². The number of piperidine rings is 1. The van der Waals surface area contributed by atoms with Crippen molar-refractivity contribution in [2.24, 2.45) is 5.73 Å². The van der Waals surface area contributed by atoms with E-state index >= 15 is 0 Å². The highest BCUT2D eigenvalue weighted by Crippen LogP contribution is 2.17. The van der Waals surface area contributed by atoms with Crippen molar-refractivity contribution in [3.8, 4) is 5.75 Å². The number of non-ortho nitro benzene ring substituents is 1. The molecule has 1 atom stereocenters. The van der Waals surface area contributed by atoms with Gasteiger partial charge in [0.1, 0.15) is 12.4 Å². The van der Waals surface area contributed by atoms with E-state index in [0.717, 1.165) is 32.5 Å². The lowest BCUT2D eigenvalue weighted by Crippen LogP contribution is -2.44. The number of ether oxygens (including phenoxy) is 1. The second-order valence-corrected chi connectivity index (χ2v) is 4.80. The number of hydrogen-bond donors (Lipinski definition) is 1. The highest BCUT2D eigenvalue weighted by molar-refractivity contribution is 5.35. The molecule has 104 valence electrons. The molecule has 0 saturated carbocycles. The van der Waals surface area contributed by atoms with Gasteiger partial charge >= 0.3 is 0 Å². The Bertz CT molecular complexity index is 422. The zero-order chi connectivity index (χ0) is 13.7. The molecular formula is C13H19N3O3. The molecule has 1 saturated heterocycles. The molecule has 1 aromatic carbocycles. The van der Waals surface area contributed by atoms with Gasteiger partial charge in [0.25, 0.3) is 5.69 Å². The second-order valence-electron chi connectivity index (χ2n) is 4.80. The maximum absolute atomic E-state index is 10.5. The van der Waals surface area contributed by atoms with Crippen LogP contribution in [0.4, 0.5) is 5.69 Å². The van der Waals surface area contributed by atoms with Crippen molar-refractivity contribution in [1.29, 1.82) is 0 Å². The van der Waals surface area contributed by atoms with Crippen LogP contribution in [0.15, 0.2) is 24.3 Å². The molecule has 0 bridgehead atoms. The zero-order valence-corrected chi connectivity index (χ0v) is 10.8. The summed E-state index contributed by atoms with van der Waals surface area (Å²) in [6.45, 7) is 3.40. The number of likely N-dealkylation sites (tertiary alicyclic amines) is 1. The predicted molar refractivity (Wildman–Crippen MR) is 72.2 cm³/mol. The summed E-state index contributed by atoms with van der Waals surface area (Å²) in [5.41, 5.74) is 5.98. The Hall–Kier alpha value is -1.66. The number of nitrogens with zero attached hydrogens (tertiary/aromatic N) is 2. The molecule has 2 N–H and O–H groups in total. The third-order valence-corrected chi connectivity index (χ3v) is 3.27. The van der Waals surface area contributed by atoms with Crippen molar-refractivity contribution >= 4 is 5.69 Å². The molecule has 0 radical (unpaired) electrons. The topological polar surface area (TPSA) is 81.6 Å². The number of nitrogens with two attached hydrogens (primary N) is 1. The summed E-state index contributed by atoms with van der Waals surface area (Å²) in [5, 5.41) is 10.5. The summed E-state index contributed by atoms with van der Waals surface area (Å²) >= 11 is 0. The van der Waals surface area contributed by atoms with E-state index in [1.54, 1.807) is 12.1 Å². The van der Waals surface area contributed by atoms with Crippen molar-refractivity contribution in [2.75, 3.05) is 26.2 Å². The molecule has 19 heavy (non-hydrogen) atoms. The van der Waals surface area contributed by atoms with Gasteiger partial charge in [-0.1, -0.05) is 0 Å². The molecule has 2 rings (SSSR count). The Labute approximate surface area is 112 Å². The van der Waals surface area contributed by atoms with Crippen molar-refractivity contribution in [1.82, 2.24) is 4.90 Å². The van der Waals surface area contributed by atoms with Crippen LogP contribution in [0, 0.1) is 10.1 Å². The molecule has 6 nitrogen and oxygen atoms in total. The lowest BCUT2D eigenvalue weighted by molar-refractivity contribution is -0.384. The SMILES string of the molecule is NC1CCCN(CCOc2ccc([N+](=O)[O-])cc2)C1. The minimum Gasteiger partial charge on any atom is -0.492 e. The summed E-state index contributed by atoms with van der Waals surface area (Å²) in [6, 6.07) is 6.42. The standard InChI is InChI=1S/C13H19N3O3/c14-11-2-1-7-15(10-11)8-9-19-13-5-3-12(4-6-13)16(17)18/h3-6,11H,1-2,7-10,14H2. The number of hydrogen-bond acceptors (Lipinski definition) is 5. The van der Waals surface area contributed by atoms with Crippen LogP contribution in [0.25, 0.3) is 0 Å². The van der Waals surface area contributed by atoms with Gasteiger partial charge in [-0.05, 0) is 31.5 Å². The van der Waals surface area contributed by atoms with Gasteiger partial charge in [0.2, 0.25) is 0 Å². The van der Waals surface area contributed by atoms with Gasteiger partial charge in [0, 0.05) is 31.3 Å². The fourth-order valence-corrected chi connectivity index (χ4v) is 2.25. The zero-order valence-electron chi connectivity index (χ0n) is 10.8. The first-order chi connectivity index (χ1) is 9.15. The van der Waals surface area contributed by atoms with Gasteiger partial charge < -0.3 is 10.5 Å². The number of nitro benzene ring substituents is 1. The first-order valence-corrected chi connectivity index (χ1v) is 6.50. The smallest absolute Gasteiger partial charge is 0.269 e. The minimum atomic E-state index is -0.418. The fourth-order valence-electron chi connectivity index (χ4n) is 2.25. The summed E-state index contributed by atoms with van der Waals surface area (Å²) in [7, 11) is 0. The fraction of sp³-hybridized carbons (Fsp3) is 0.538. The number of rotatable bonds is 5. The Morgan fingerprint density at radius 2 is 2.16 bits per heavy atom. The monoisotopic (exact) mass is 265 g/mol. The molecule has 0 spiro atoms. The molecule has 1 aliphatic rings. The van der Waals surface area contributed by atoms with Crippen molar-refractivity contribution < 1.29 is 9.66 Å². The summed E-state index contributed by atoms with van der Waals surface area (Å²) in [4.78, 5) is 12.4. The van der Waals surface area contributed by atoms with Crippen molar-refractivity contribution in [3.05, 3.63) is 34.4 Å². The lowest BCUT2D eigenvalue weighted by Gasteiger charge is -2.30. The highest BCUT2D eigenvalue weighted by Gasteiger charge is 2.16. The number of benzene rings is 1. The molecule has 0 amide bonds. The molecule has 1 heterocycles. The van der Waals surface area contributed by atoms with Gasteiger partial charge in [-0.3, -0.25) is 15.0 Å². The van der Waals surface area contributed by atoms with Crippen LogP contribution in [0.1, 0.15) is 12.8 Å². The van der Waals surface area contributed by atoms with Crippen LogP contribution >= 0.6 is 0 Å². The summed E-state index contributed by atoms with van der Waals surface area (Å²) in [5.74, 6) is 0.659. The van der Waals surface area contributed by atoms with Gasteiger partial charge in [-0.15, -0.1) is 0 Å². The normalized spacial score (nSPS) is 20.2. The van der Waals surface area contributed by atoms with Crippen LogP contribution in [-0.4, -0.2) is 42.1 Å². The van der Waals surface area contributed by atoms with E-state index in [4.69, 9.17) is 10.5 Å². The Morgan fingerprint density at radius 3 is 2.79 bits per heavy atom. The molecule has 0 aliphatic carbocycles. The summed E-state index contributed by atoms with van der Waals surface area (Å²) < 4.78 is 5.57. The number of nitro groups is 1. The maximum atomic E-state index is 10.5. The molecule has 6 heteroatoms. The van der Waals surface area contributed by atoms with Gasteiger partial charge in [-0.2, -0.15) is 0 Å². The Morgan fingerprint density at radius 1 is 1.42 bits per heavy atom. The van der Waals surface area contributed by atoms with Crippen LogP contribution in [0.2, 0.25) is 0 Å². The lowest BCUT2D eigenvalue weighted by atomic mass is 10.1. The first-order valence-electron chi connectivity index (χ1n) is 6.50. The van der Waals surface area contributed by atoms with Crippen molar-refractivity contribution in [2.45, 2.75) is 18.9 Å². The third-order valence-electron chi connectivity index (χ3n) is 3.27. The molecular weight excluding hydrogens is 246 g/mol. The maximum Gasteiger partial charge on any atom is 0.269 e. The molecule has 1 fully saturated rings. The van der Waals surface area contributed by atoms with E-state index in [1.807, 2.05) is 0 Å². The van der Waals surface area contributed by atoms with Gasteiger partial charge in [-0.25, -0.2) is 0 Å². The van der Waals surface area contributed by atoms with E-state index in [1.165, 1.54) is 12.1 Å². The Kier molecular flexibility index (Phi) is 4.70. The third kappa shape index (κ3) is 4.18. The Balaban J connectivity index is 1.74. The van der Waals surface area contributed by atoms with Crippen LogP contribution in [-0.2, 0) is 0 Å². The molecule has 0 aromatic heterocycles. The van der Waals surface area contributed by atoms with Crippen LogP contribution < -0.4 is 10.5 Å². The summed E-state index contributed by atoms with van der Waals surface area (Å²) in [6.07, 6.45) is 2.23. The van der Waals surface area contributed by atoms with Gasteiger partial charge in [0.15, 0.2) is 0 Å².